The van der Waals surface area contributed by atoms with Crippen LogP contribution in [0.5, 0.6) is 5.75 Å². The first-order valence-electron chi connectivity index (χ1n) is 8.76. The second-order valence-corrected chi connectivity index (χ2v) is 6.69. The van der Waals surface area contributed by atoms with Crippen molar-refractivity contribution in [1.82, 2.24) is 4.98 Å². The van der Waals surface area contributed by atoms with Gasteiger partial charge in [0.25, 0.3) is 0 Å². The Morgan fingerprint density at radius 3 is 2.19 bits per heavy atom. The highest BCUT2D eigenvalue weighted by Gasteiger charge is 2.26. The number of esters is 1. The Bertz CT molecular complexity index is 874. The Hall–Kier alpha value is -2.89. The van der Waals surface area contributed by atoms with E-state index in [0.717, 1.165) is 11.1 Å². The number of aryl methyl sites for hydroxylation is 3. The van der Waals surface area contributed by atoms with Gasteiger partial charge in [-0.3, -0.25) is 9.59 Å². The third-order valence-electron chi connectivity index (χ3n) is 4.46. The number of H-pyrrole nitrogens is 1. The molecule has 2 aromatic rings. The van der Waals surface area contributed by atoms with Crippen molar-refractivity contribution in [3.05, 3.63) is 51.8 Å². The average Bonchev–Trinajstić information content (AvgIpc) is 2.88. The molecule has 0 aliphatic carbocycles. The van der Waals surface area contributed by atoms with Crippen LogP contribution in [0.15, 0.2) is 18.2 Å². The van der Waals surface area contributed by atoms with Crippen LogP contribution in [-0.4, -0.2) is 35.2 Å². The fourth-order valence-electron chi connectivity index (χ4n) is 3.17. The number of hydrogen-bond acceptors (Lipinski definition) is 5. The molecule has 2 rings (SSSR count). The number of ketones is 2. The third kappa shape index (κ3) is 4.45. The van der Waals surface area contributed by atoms with E-state index < -0.39 is 12.1 Å². The van der Waals surface area contributed by atoms with Gasteiger partial charge in [-0.2, -0.15) is 0 Å². The zero-order chi connectivity index (χ0) is 20.3. The number of hydrogen-bond donors (Lipinski definition) is 1. The van der Waals surface area contributed by atoms with Crippen LogP contribution in [0.1, 0.15) is 57.1 Å². The molecule has 1 atom stereocenters. The summed E-state index contributed by atoms with van der Waals surface area (Å²) in [7, 11) is 0. The lowest BCUT2D eigenvalue weighted by Gasteiger charge is -2.14. The van der Waals surface area contributed by atoms with Crippen molar-refractivity contribution < 1.29 is 23.9 Å². The molecule has 0 unspecified atom stereocenters. The number of aromatic amines is 1. The highest BCUT2D eigenvalue weighted by atomic mass is 16.6. The van der Waals surface area contributed by atoms with E-state index in [0.29, 0.717) is 22.6 Å². The molecule has 1 aromatic heterocycles. The molecule has 0 aliphatic heterocycles. The molecule has 1 aromatic carbocycles. The largest absolute Gasteiger partial charge is 0.481 e. The van der Waals surface area contributed by atoms with Crippen LogP contribution in [0, 0.1) is 27.7 Å². The molecular formula is C21H25NO5. The number of aromatic nitrogens is 1. The molecule has 1 heterocycles. The van der Waals surface area contributed by atoms with Crippen molar-refractivity contribution in [3.63, 3.8) is 0 Å². The van der Waals surface area contributed by atoms with Crippen LogP contribution in [0.25, 0.3) is 0 Å². The fourth-order valence-corrected chi connectivity index (χ4v) is 3.17. The van der Waals surface area contributed by atoms with Crippen LogP contribution in [0.3, 0.4) is 0 Å². The lowest BCUT2D eigenvalue weighted by molar-refractivity contribution is -0.148. The first-order chi connectivity index (χ1) is 12.6. The maximum absolute atomic E-state index is 12.6. The average molecular weight is 371 g/mol. The molecule has 0 spiro atoms. The van der Waals surface area contributed by atoms with Crippen molar-refractivity contribution >= 4 is 17.5 Å². The summed E-state index contributed by atoms with van der Waals surface area (Å²) in [5.41, 5.74) is 3.81. The van der Waals surface area contributed by atoms with E-state index in [1.165, 1.54) is 13.8 Å². The van der Waals surface area contributed by atoms with E-state index in [9.17, 15) is 14.4 Å². The smallest absolute Gasteiger partial charge is 0.344 e. The standard InChI is InChI=1S/C21H25NO5/c1-11-8-7-9-12(2)21(11)26-10-17(24)27-16(6)20(25)19-13(3)18(15(5)23)14(4)22-19/h7-9,16,22H,10H2,1-6H3/t16-/m1/s1. The van der Waals surface area contributed by atoms with E-state index >= 15 is 0 Å². The van der Waals surface area contributed by atoms with Gasteiger partial charge in [0.15, 0.2) is 18.5 Å². The molecule has 0 aliphatic rings. The SMILES string of the molecule is CC(=O)c1c(C)[nH]c(C(=O)[C@@H](C)OC(=O)COc2c(C)cccc2C)c1C. The van der Waals surface area contributed by atoms with Gasteiger partial charge in [0, 0.05) is 11.3 Å². The number of carbonyl (C=O) groups excluding carboxylic acids is 3. The van der Waals surface area contributed by atoms with Crippen LogP contribution >= 0.6 is 0 Å². The second-order valence-electron chi connectivity index (χ2n) is 6.69. The van der Waals surface area contributed by atoms with Crippen LogP contribution in [0.2, 0.25) is 0 Å². The van der Waals surface area contributed by atoms with Gasteiger partial charge < -0.3 is 14.5 Å². The highest BCUT2D eigenvalue weighted by molar-refractivity contribution is 6.05. The summed E-state index contributed by atoms with van der Waals surface area (Å²) in [4.78, 5) is 39.3. The van der Waals surface area contributed by atoms with Crippen LogP contribution < -0.4 is 4.74 Å². The predicted molar refractivity (Wildman–Crippen MR) is 102 cm³/mol. The zero-order valence-electron chi connectivity index (χ0n) is 16.6. The number of nitrogens with one attached hydrogen (secondary N) is 1. The van der Waals surface area contributed by atoms with Crippen molar-refractivity contribution in [2.45, 2.75) is 47.6 Å². The molecule has 0 fully saturated rings. The Kier molecular flexibility index (Phi) is 6.20. The first kappa shape index (κ1) is 20.4. The molecule has 0 amide bonds. The van der Waals surface area contributed by atoms with Gasteiger partial charge in [0.2, 0.25) is 5.78 Å². The molecule has 6 nitrogen and oxygen atoms in total. The predicted octanol–water partition coefficient (Wildman–Crippen LogP) is 3.64. The van der Waals surface area contributed by atoms with Gasteiger partial charge >= 0.3 is 5.97 Å². The van der Waals surface area contributed by atoms with E-state index in [1.807, 2.05) is 32.0 Å². The summed E-state index contributed by atoms with van der Waals surface area (Å²) >= 11 is 0. The van der Waals surface area contributed by atoms with Gasteiger partial charge in [0.1, 0.15) is 5.75 Å². The Labute approximate surface area is 158 Å². The van der Waals surface area contributed by atoms with Gasteiger partial charge in [0.05, 0.1) is 5.69 Å². The lowest BCUT2D eigenvalue weighted by Crippen LogP contribution is -2.28. The summed E-state index contributed by atoms with van der Waals surface area (Å²) in [6.07, 6.45) is -0.990. The molecule has 6 heteroatoms. The number of Topliss-reactive ketones (excluding diaryl/α,β-unsaturated/α-hetero) is 2. The van der Waals surface area contributed by atoms with Gasteiger partial charge in [-0.05, 0) is 58.2 Å². The molecule has 0 saturated heterocycles. The van der Waals surface area contributed by atoms with Gasteiger partial charge in [-0.1, -0.05) is 18.2 Å². The summed E-state index contributed by atoms with van der Waals surface area (Å²) in [5.74, 6) is -0.503. The third-order valence-corrected chi connectivity index (χ3v) is 4.46. The summed E-state index contributed by atoms with van der Waals surface area (Å²) < 4.78 is 10.8. The van der Waals surface area contributed by atoms with Crippen molar-refractivity contribution in [1.29, 1.82) is 0 Å². The molecule has 1 N–H and O–H groups in total. The minimum atomic E-state index is -0.990. The highest BCUT2D eigenvalue weighted by Crippen LogP contribution is 2.23. The first-order valence-corrected chi connectivity index (χ1v) is 8.76. The number of ether oxygens (including phenoxy) is 2. The number of carbonyl (C=O) groups is 3. The van der Waals surface area contributed by atoms with Gasteiger partial charge in [-0.25, -0.2) is 4.79 Å². The Morgan fingerprint density at radius 2 is 1.67 bits per heavy atom. The van der Waals surface area contributed by atoms with E-state index in [-0.39, 0.29) is 23.9 Å². The molecule has 0 bridgehead atoms. The molecule has 144 valence electrons. The second kappa shape index (κ2) is 8.20. The monoisotopic (exact) mass is 371 g/mol. The van der Waals surface area contributed by atoms with Crippen molar-refractivity contribution in [3.8, 4) is 5.75 Å². The molecule has 27 heavy (non-hydrogen) atoms. The topological polar surface area (TPSA) is 85.5 Å². The quantitative estimate of drug-likeness (QED) is 0.593. The van der Waals surface area contributed by atoms with Crippen LogP contribution in [-0.2, 0) is 9.53 Å². The minimum absolute atomic E-state index is 0.119. The maximum atomic E-state index is 12.6. The molecule has 0 saturated carbocycles. The summed E-state index contributed by atoms with van der Waals surface area (Å²) in [6, 6.07) is 5.69. The summed E-state index contributed by atoms with van der Waals surface area (Å²) in [5, 5.41) is 0. The Balaban J connectivity index is 2.03. The zero-order valence-corrected chi connectivity index (χ0v) is 16.6. The lowest BCUT2D eigenvalue weighted by atomic mass is 10.0. The van der Waals surface area contributed by atoms with Crippen LogP contribution in [0.4, 0.5) is 0 Å². The number of benzene rings is 1. The molecular weight excluding hydrogens is 346 g/mol. The maximum Gasteiger partial charge on any atom is 0.344 e. The van der Waals surface area contributed by atoms with E-state index in [4.69, 9.17) is 9.47 Å². The summed E-state index contributed by atoms with van der Waals surface area (Å²) in [6.45, 7) is 9.88. The molecule has 0 radical (unpaired) electrons. The number of para-hydroxylation sites is 1. The van der Waals surface area contributed by atoms with Crippen molar-refractivity contribution in [2.24, 2.45) is 0 Å². The fraction of sp³-hybridized carbons (Fsp3) is 0.381. The normalized spacial score (nSPS) is 11.8. The van der Waals surface area contributed by atoms with Crippen molar-refractivity contribution in [2.75, 3.05) is 6.61 Å². The number of rotatable bonds is 7. The van der Waals surface area contributed by atoms with Gasteiger partial charge in [-0.15, -0.1) is 0 Å². The minimum Gasteiger partial charge on any atom is -0.481 e. The van der Waals surface area contributed by atoms with E-state index in [1.54, 1.807) is 13.8 Å². The Morgan fingerprint density at radius 1 is 1.07 bits per heavy atom. The van der Waals surface area contributed by atoms with E-state index in [2.05, 4.69) is 4.98 Å².